The minimum Gasteiger partial charge on any atom is -0.394 e. The summed E-state index contributed by atoms with van der Waals surface area (Å²) in [5.74, 6) is -1.15. The summed E-state index contributed by atoms with van der Waals surface area (Å²) in [4.78, 5) is 28.3. The quantitative estimate of drug-likeness (QED) is 0.833. The second-order valence-corrected chi connectivity index (χ2v) is 7.07. The number of likely N-dealkylation sites (tertiary alicyclic amines) is 1. The average Bonchev–Trinajstić information content (AvgIpc) is 2.71. The first kappa shape index (κ1) is 20.0. The Bertz CT molecular complexity index is 843. The van der Waals surface area contributed by atoms with Crippen LogP contribution in [0.4, 0.5) is 4.39 Å². The lowest BCUT2D eigenvalue weighted by Gasteiger charge is -2.55. The van der Waals surface area contributed by atoms with E-state index in [1.807, 2.05) is 30.3 Å². The Kier molecular flexibility index (Phi) is 6.09. The van der Waals surface area contributed by atoms with Gasteiger partial charge in [0.2, 0.25) is 5.91 Å². The summed E-state index contributed by atoms with van der Waals surface area (Å²) in [6, 6.07) is 14.9. The molecule has 1 saturated heterocycles. The van der Waals surface area contributed by atoms with Gasteiger partial charge in [-0.25, -0.2) is 4.39 Å². The topological polar surface area (TPSA) is 60.9 Å². The number of hydrogen-bond acceptors (Lipinski definition) is 3. The van der Waals surface area contributed by atoms with E-state index in [0.717, 1.165) is 5.56 Å². The summed E-state index contributed by atoms with van der Waals surface area (Å²) >= 11 is 0. The molecule has 2 amide bonds. The van der Waals surface area contributed by atoms with E-state index in [2.05, 4.69) is 0 Å². The molecule has 0 aliphatic carbocycles. The SMILES string of the molecule is CCC(=O)N1[C@H](CO)[C@H](c2ccccc2)[C@H]1CN(C)C(=O)c1ccccc1F. The first-order chi connectivity index (χ1) is 13.5. The van der Waals surface area contributed by atoms with Gasteiger partial charge in [0.05, 0.1) is 24.3 Å². The van der Waals surface area contributed by atoms with Crippen LogP contribution in [0.2, 0.25) is 0 Å². The highest BCUT2D eigenvalue weighted by atomic mass is 19.1. The van der Waals surface area contributed by atoms with E-state index in [1.54, 1.807) is 24.9 Å². The molecule has 3 rings (SSSR count). The van der Waals surface area contributed by atoms with Crippen molar-refractivity contribution in [2.24, 2.45) is 0 Å². The standard InChI is InChI=1S/C22H25FN2O3/c1-3-20(27)25-18(21(19(25)14-26)15-9-5-4-6-10-15)13-24(2)22(28)16-11-7-8-12-17(16)23/h4-12,18-19,21,26H,3,13-14H2,1-2H3/t18-,19-,21-/m1/s1. The first-order valence-corrected chi connectivity index (χ1v) is 9.46. The third-order valence-electron chi connectivity index (χ3n) is 5.42. The predicted molar refractivity (Wildman–Crippen MR) is 104 cm³/mol. The van der Waals surface area contributed by atoms with Crippen LogP contribution in [-0.2, 0) is 4.79 Å². The molecule has 1 N–H and O–H groups in total. The van der Waals surface area contributed by atoms with Gasteiger partial charge in [0, 0.05) is 25.9 Å². The second kappa shape index (κ2) is 8.52. The predicted octanol–water partition coefficient (Wildman–Crippen LogP) is 2.66. The highest BCUT2D eigenvalue weighted by Crippen LogP contribution is 2.41. The van der Waals surface area contributed by atoms with Crippen molar-refractivity contribution >= 4 is 11.8 Å². The van der Waals surface area contributed by atoms with Crippen molar-refractivity contribution in [2.45, 2.75) is 31.3 Å². The average molecular weight is 384 g/mol. The van der Waals surface area contributed by atoms with Gasteiger partial charge in [0.1, 0.15) is 5.82 Å². The maximum atomic E-state index is 14.0. The van der Waals surface area contributed by atoms with E-state index >= 15 is 0 Å². The van der Waals surface area contributed by atoms with Crippen molar-refractivity contribution in [2.75, 3.05) is 20.2 Å². The fraction of sp³-hybridized carbons (Fsp3) is 0.364. The van der Waals surface area contributed by atoms with E-state index in [-0.39, 0.29) is 42.6 Å². The summed E-state index contributed by atoms with van der Waals surface area (Å²) in [6.07, 6.45) is 0.319. The largest absolute Gasteiger partial charge is 0.394 e. The van der Waals surface area contributed by atoms with Gasteiger partial charge in [-0.2, -0.15) is 0 Å². The van der Waals surface area contributed by atoms with Crippen LogP contribution in [0.1, 0.15) is 35.2 Å². The third kappa shape index (κ3) is 3.64. The van der Waals surface area contributed by atoms with Crippen LogP contribution in [0.25, 0.3) is 0 Å². The molecule has 2 aromatic carbocycles. The molecule has 0 unspecified atom stereocenters. The van der Waals surface area contributed by atoms with Crippen LogP contribution in [0.3, 0.4) is 0 Å². The Morgan fingerprint density at radius 2 is 1.71 bits per heavy atom. The molecule has 6 heteroatoms. The summed E-state index contributed by atoms with van der Waals surface area (Å²) < 4.78 is 14.0. The van der Waals surface area contributed by atoms with Crippen molar-refractivity contribution < 1.29 is 19.1 Å². The molecule has 0 aromatic heterocycles. The molecule has 28 heavy (non-hydrogen) atoms. The van der Waals surface area contributed by atoms with Crippen LogP contribution in [0.5, 0.6) is 0 Å². The zero-order chi connectivity index (χ0) is 20.3. The highest BCUT2D eigenvalue weighted by molar-refractivity contribution is 5.94. The zero-order valence-corrected chi connectivity index (χ0v) is 16.1. The van der Waals surface area contributed by atoms with E-state index in [1.165, 1.54) is 23.1 Å². The Morgan fingerprint density at radius 1 is 1.07 bits per heavy atom. The molecule has 1 aliphatic rings. The number of hydrogen-bond donors (Lipinski definition) is 1. The molecule has 3 atom stereocenters. The second-order valence-electron chi connectivity index (χ2n) is 7.07. The number of rotatable bonds is 6. The lowest BCUT2D eigenvalue weighted by atomic mass is 9.74. The number of carbonyl (C=O) groups is 2. The summed E-state index contributed by atoms with van der Waals surface area (Å²) in [6.45, 7) is 1.89. The van der Waals surface area contributed by atoms with Crippen molar-refractivity contribution in [1.29, 1.82) is 0 Å². The normalized spacial score (nSPS) is 21.1. The Labute approximate surface area is 164 Å². The number of aliphatic hydroxyl groups is 1. The smallest absolute Gasteiger partial charge is 0.256 e. The molecule has 2 aromatic rings. The lowest BCUT2D eigenvalue weighted by Crippen LogP contribution is -2.68. The molecule has 0 spiro atoms. The van der Waals surface area contributed by atoms with Gasteiger partial charge in [-0.05, 0) is 17.7 Å². The van der Waals surface area contributed by atoms with Crippen molar-refractivity contribution in [3.8, 4) is 0 Å². The van der Waals surface area contributed by atoms with Crippen LogP contribution in [-0.4, -0.2) is 59.0 Å². The van der Waals surface area contributed by atoms with Crippen LogP contribution < -0.4 is 0 Å². The highest BCUT2D eigenvalue weighted by Gasteiger charge is 2.51. The number of halogens is 1. The zero-order valence-electron chi connectivity index (χ0n) is 16.1. The number of benzene rings is 2. The van der Waals surface area contributed by atoms with Crippen LogP contribution >= 0.6 is 0 Å². The molecule has 5 nitrogen and oxygen atoms in total. The molecule has 0 bridgehead atoms. The van der Waals surface area contributed by atoms with E-state index in [4.69, 9.17) is 0 Å². The number of amides is 2. The van der Waals surface area contributed by atoms with E-state index in [9.17, 15) is 19.1 Å². The number of likely N-dealkylation sites (N-methyl/N-ethyl adjacent to an activating group) is 1. The van der Waals surface area contributed by atoms with Gasteiger partial charge < -0.3 is 14.9 Å². The lowest BCUT2D eigenvalue weighted by molar-refractivity contribution is -0.151. The molecule has 1 fully saturated rings. The summed E-state index contributed by atoms with van der Waals surface area (Å²) in [7, 11) is 1.61. The molecular formula is C22H25FN2O3. The van der Waals surface area contributed by atoms with Gasteiger partial charge in [0.25, 0.3) is 5.91 Å². The van der Waals surface area contributed by atoms with Crippen LogP contribution in [0, 0.1) is 5.82 Å². The molecule has 1 aliphatic heterocycles. The fourth-order valence-corrected chi connectivity index (χ4v) is 4.03. The van der Waals surface area contributed by atoms with E-state index in [0.29, 0.717) is 6.42 Å². The third-order valence-corrected chi connectivity index (χ3v) is 5.42. The summed E-state index contributed by atoms with van der Waals surface area (Å²) in [5, 5.41) is 9.88. The maximum absolute atomic E-state index is 14.0. The van der Waals surface area contributed by atoms with E-state index < -0.39 is 11.7 Å². The monoisotopic (exact) mass is 384 g/mol. The minimum atomic E-state index is -0.567. The van der Waals surface area contributed by atoms with Crippen molar-refractivity contribution in [3.63, 3.8) is 0 Å². The van der Waals surface area contributed by atoms with Crippen molar-refractivity contribution in [1.82, 2.24) is 9.80 Å². The Balaban J connectivity index is 1.86. The Morgan fingerprint density at radius 3 is 2.32 bits per heavy atom. The summed E-state index contributed by atoms with van der Waals surface area (Å²) in [5.41, 5.74) is 1.02. The van der Waals surface area contributed by atoms with Gasteiger partial charge in [-0.1, -0.05) is 49.4 Å². The molecule has 0 radical (unpaired) electrons. The first-order valence-electron chi connectivity index (χ1n) is 9.46. The maximum Gasteiger partial charge on any atom is 0.256 e. The molecule has 1 heterocycles. The van der Waals surface area contributed by atoms with Gasteiger partial charge in [0.15, 0.2) is 0 Å². The molecule has 148 valence electrons. The van der Waals surface area contributed by atoms with Gasteiger partial charge in [-0.3, -0.25) is 9.59 Å². The number of carbonyl (C=O) groups excluding carboxylic acids is 2. The van der Waals surface area contributed by atoms with Gasteiger partial charge >= 0.3 is 0 Å². The molecular weight excluding hydrogens is 359 g/mol. The minimum absolute atomic E-state index is 0.00709. The van der Waals surface area contributed by atoms with Crippen molar-refractivity contribution in [3.05, 3.63) is 71.5 Å². The Hall–Kier alpha value is -2.73. The number of nitrogens with zero attached hydrogens (tertiary/aromatic N) is 2. The molecule has 0 saturated carbocycles. The van der Waals surface area contributed by atoms with Gasteiger partial charge in [-0.15, -0.1) is 0 Å². The van der Waals surface area contributed by atoms with Crippen LogP contribution in [0.15, 0.2) is 54.6 Å². The number of aliphatic hydroxyl groups excluding tert-OH is 1. The fourth-order valence-electron chi connectivity index (χ4n) is 4.03.